The van der Waals surface area contributed by atoms with Crippen molar-refractivity contribution < 1.29 is 19.1 Å². The molecule has 1 rings (SSSR count). The number of likely N-dealkylation sites (tertiary alicyclic amines) is 1. The van der Waals surface area contributed by atoms with Crippen LogP contribution in [0.25, 0.3) is 0 Å². The van der Waals surface area contributed by atoms with E-state index < -0.39 is 0 Å². The maximum atomic E-state index is 11.6. The fourth-order valence-electron chi connectivity index (χ4n) is 2.13. The quantitative estimate of drug-likeness (QED) is 0.684. The number of ether oxygens (including phenoxy) is 2. The Morgan fingerprint density at radius 3 is 2.76 bits per heavy atom. The standard InChI is InChI=1S/C12H21NO4/c1-4-17-12(15)10-6-5-7-13(8-10)9(2)11(14)16-3/h9-10H,4-8H2,1-3H3/t9?,10-/m1/s1. The minimum Gasteiger partial charge on any atom is -0.468 e. The minimum absolute atomic E-state index is 0.115. The normalized spacial score (nSPS) is 22.9. The van der Waals surface area contributed by atoms with Gasteiger partial charge >= 0.3 is 11.9 Å². The van der Waals surface area contributed by atoms with Crippen molar-refractivity contribution in [1.29, 1.82) is 0 Å². The van der Waals surface area contributed by atoms with Gasteiger partial charge in [0, 0.05) is 6.54 Å². The van der Waals surface area contributed by atoms with Gasteiger partial charge in [-0.15, -0.1) is 0 Å². The van der Waals surface area contributed by atoms with Gasteiger partial charge in [0.1, 0.15) is 6.04 Å². The van der Waals surface area contributed by atoms with Crippen molar-refractivity contribution in [2.24, 2.45) is 5.92 Å². The summed E-state index contributed by atoms with van der Waals surface area (Å²) in [4.78, 5) is 25.1. The van der Waals surface area contributed by atoms with Crippen molar-refractivity contribution >= 4 is 11.9 Å². The number of carbonyl (C=O) groups is 2. The molecule has 1 unspecified atom stereocenters. The summed E-state index contributed by atoms with van der Waals surface area (Å²) in [5.74, 6) is -0.528. The second-order valence-electron chi connectivity index (χ2n) is 4.29. The number of rotatable bonds is 4. The lowest BCUT2D eigenvalue weighted by molar-refractivity contribution is -0.154. The minimum atomic E-state index is -0.294. The highest BCUT2D eigenvalue weighted by Gasteiger charge is 2.31. The van der Waals surface area contributed by atoms with Gasteiger partial charge < -0.3 is 9.47 Å². The number of nitrogens with zero attached hydrogens (tertiary/aromatic N) is 1. The van der Waals surface area contributed by atoms with Crippen LogP contribution in [-0.2, 0) is 19.1 Å². The van der Waals surface area contributed by atoms with Gasteiger partial charge in [0.05, 0.1) is 19.6 Å². The first-order chi connectivity index (χ1) is 8.10. The van der Waals surface area contributed by atoms with Crippen molar-refractivity contribution in [3.05, 3.63) is 0 Å². The molecule has 1 aliphatic rings. The smallest absolute Gasteiger partial charge is 0.322 e. The van der Waals surface area contributed by atoms with Crippen molar-refractivity contribution in [2.75, 3.05) is 26.8 Å². The first-order valence-electron chi connectivity index (χ1n) is 6.08. The highest BCUT2D eigenvalue weighted by atomic mass is 16.5. The Labute approximate surface area is 102 Å². The molecular formula is C12H21NO4. The van der Waals surface area contributed by atoms with Crippen molar-refractivity contribution in [3.8, 4) is 0 Å². The number of methoxy groups -OCH3 is 1. The Balaban J connectivity index is 2.54. The second kappa shape index (κ2) is 6.59. The van der Waals surface area contributed by atoms with Crippen LogP contribution in [0.4, 0.5) is 0 Å². The van der Waals surface area contributed by atoms with Crippen LogP contribution in [0.3, 0.4) is 0 Å². The molecule has 2 atom stereocenters. The number of hydrogen-bond acceptors (Lipinski definition) is 5. The molecule has 17 heavy (non-hydrogen) atoms. The van der Waals surface area contributed by atoms with Crippen LogP contribution in [0, 0.1) is 5.92 Å². The first-order valence-corrected chi connectivity index (χ1v) is 6.08. The van der Waals surface area contributed by atoms with Gasteiger partial charge in [-0.1, -0.05) is 0 Å². The van der Waals surface area contributed by atoms with Crippen LogP contribution < -0.4 is 0 Å². The summed E-state index contributed by atoms with van der Waals surface area (Å²) < 4.78 is 9.73. The van der Waals surface area contributed by atoms with Gasteiger partial charge in [0.15, 0.2) is 0 Å². The molecule has 1 saturated heterocycles. The average Bonchev–Trinajstić information content (AvgIpc) is 2.37. The molecule has 0 N–H and O–H groups in total. The third-order valence-electron chi connectivity index (χ3n) is 3.16. The zero-order valence-electron chi connectivity index (χ0n) is 10.8. The van der Waals surface area contributed by atoms with Crippen molar-refractivity contribution in [1.82, 2.24) is 4.90 Å². The van der Waals surface area contributed by atoms with E-state index in [0.717, 1.165) is 19.4 Å². The van der Waals surface area contributed by atoms with Gasteiger partial charge in [-0.3, -0.25) is 14.5 Å². The third-order valence-corrected chi connectivity index (χ3v) is 3.16. The van der Waals surface area contributed by atoms with Crippen LogP contribution >= 0.6 is 0 Å². The molecule has 0 radical (unpaired) electrons. The Morgan fingerprint density at radius 2 is 2.18 bits per heavy atom. The summed E-state index contributed by atoms with van der Waals surface area (Å²) in [6.45, 7) is 5.41. The van der Waals surface area contributed by atoms with Gasteiger partial charge in [0.25, 0.3) is 0 Å². The Kier molecular flexibility index (Phi) is 5.41. The maximum Gasteiger partial charge on any atom is 0.322 e. The molecule has 98 valence electrons. The number of hydrogen-bond donors (Lipinski definition) is 0. The van der Waals surface area contributed by atoms with Gasteiger partial charge in [-0.2, -0.15) is 0 Å². The summed E-state index contributed by atoms with van der Waals surface area (Å²) in [5.41, 5.74) is 0. The lowest BCUT2D eigenvalue weighted by Gasteiger charge is -2.34. The Hall–Kier alpha value is -1.10. The molecule has 0 amide bonds. The Bertz CT molecular complexity index is 280. The van der Waals surface area contributed by atoms with E-state index in [2.05, 4.69) is 0 Å². The van der Waals surface area contributed by atoms with Gasteiger partial charge in [0.2, 0.25) is 0 Å². The predicted molar refractivity (Wildman–Crippen MR) is 62.4 cm³/mol. The summed E-state index contributed by atoms with van der Waals surface area (Å²) in [6.07, 6.45) is 1.74. The summed E-state index contributed by atoms with van der Waals surface area (Å²) >= 11 is 0. The molecule has 5 heteroatoms. The zero-order chi connectivity index (χ0) is 12.8. The SMILES string of the molecule is CCOC(=O)[C@@H]1CCCN(C(C)C(=O)OC)C1. The molecule has 0 saturated carbocycles. The second-order valence-corrected chi connectivity index (χ2v) is 4.29. The molecule has 1 fully saturated rings. The lowest BCUT2D eigenvalue weighted by atomic mass is 9.97. The summed E-state index contributed by atoms with van der Waals surface area (Å²) in [5, 5.41) is 0. The molecule has 1 heterocycles. The topological polar surface area (TPSA) is 55.8 Å². The van der Waals surface area contributed by atoms with Crippen LogP contribution in [0.15, 0.2) is 0 Å². The maximum absolute atomic E-state index is 11.6. The van der Waals surface area contributed by atoms with E-state index in [4.69, 9.17) is 9.47 Å². The van der Waals surface area contributed by atoms with E-state index in [1.54, 1.807) is 13.8 Å². The van der Waals surface area contributed by atoms with Crippen LogP contribution in [0.2, 0.25) is 0 Å². The lowest BCUT2D eigenvalue weighted by Crippen LogP contribution is -2.47. The van der Waals surface area contributed by atoms with Crippen LogP contribution in [-0.4, -0.2) is 49.7 Å². The zero-order valence-corrected chi connectivity index (χ0v) is 10.8. The van der Waals surface area contributed by atoms with E-state index in [1.165, 1.54) is 7.11 Å². The van der Waals surface area contributed by atoms with Gasteiger partial charge in [-0.05, 0) is 33.2 Å². The molecule has 0 aromatic rings. The van der Waals surface area contributed by atoms with Crippen molar-refractivity contribution in [3.63, 3.8) is 0 Å². The van der Waals surface area contributed by atoms with Crippen LogP contribution in [0.5, 0.6) is 0 Å². The molecule has 0 aromatic heterocycles. The first kappa shape index (κ1) is 14.0. The third kappa shape index (κ3) is 3.70. The fourth-order valence-corrected chi connectivity index (χ4v) is 2.13. The molecule has 5 nitrogen and oxygen atoms in total. The molecule has 1 aliphatic heterocycles. The van der Waals surface area contributed by atoms with E-state index in [9.17, 15) is 9.59 Å². The molecule has 0 aromatic carbocycles. The summed E-state index contributed by atoms with van der Waals surface area (Å²) in [6, 6.07) is -0.294. The number of esters is 2. The molecule has 0 bridgehead atoms. The summed E-state index contributed by atoms with van der Waals surface area (Å²) in [7, 11) is 1.38. The highest BCUT2D eigenvalue weighted by molar-refractivity contribution is 5.76. The Morgan fingerprint density at radius 1 is 1.47 bits per heavy atom. The van der Waals surface area contributed by atoms with E-state index >= 15 is 0 Å². The molecule has 0 spiro atoms. The number of piperidine rings is 1. The molecule has 0 aliphatic carbocycles. The van der Waals surface area contributed by atoms with E-state index in [0.29, 0.717) is 13.2 Å². The monoisotopic (exact) mass is 243 g/mol. The largest absolute Gasteiger partial charge is 0.468 e. The predicted octanol–water partition coefficient (Wildman–Crippen LogP) is 0.823. The fraction of sp³-hybridized carbons (Fsp3) is 0.833. The van der Waals surface area contributed by atoms with E-state index in [1.807, 2.05) is 4.90 Å². The van der Waals surface area contributed by atoms with Crippen molar-refractivity contribution in [2.45, 2.75) is 32.7 Å². The van der Waals surface area contributed by atoms with Gasteiger partial charge in [-0.25, -0.2) is 0 Å². The highest BCUT2D eigenvalue weighted by Crippen LogP contribution is 2.20. The number of carbonyl (C=O) groups excluding carboxylic acids is 2. The molecular weight excluding hydrogens is 222 g/mol. The van der Waals surface area contributed by atoms with E-state index in [-0.39, 0.29) is 23.9 Å². The average molecular weight is 243 g/mol. The van der Waals surface area contributed by atoms with Crippen LogP contribution in [0.1, 0.15) is 26.7 Å².